The van der Waals surface area contributed by atoms with Crippen LogP contribution in [0.3, 0.4) is 0 Å². The zero-order valence-electron chi connectivity index (χ0n) is 14.8. The lowest BCUT2D eigenvalue weighted by atomic mass is 10.0. The number of hydrogen-bond donors (Lipinski definition) is 1. The van der Waals surface area contributed by atoms with Crippen molar-refractivity contribution in [1.82, 2.24) is 10.2 Å². The number of thiophene rings is 1. The first-order chi connectivity index (χ1) is 12.0. The third-order valence-electron chi connectivity index (χ3n) is 4.79. The highest BCUT2D eigenvalue weighted by Crippen LogP contribution is 2.26. The van der Waals surface area contributed by atoms with Gasteiger partial charge >= 0.3 is 0 Å². The first-order valence-electron chi connectivity index (χ1n) is 8.88. The number of amides is 2. The Labute approximate surface area is 152 Å². The summed E-state index contributed by atoms with van der Waals surface area (Å²) in [4.78, 5) is 27.5. The van der Waals surface area contributed by atoms with Gasteiger partial charge in [-0.3, -0.25) is 9.59 Å². The number of ether oxygens (including phenoxy) is 2. The summed E-state index contributed by atoms with van der Waals surface area (Å²) in [5, 5.41) is 4.89. The van der Waals surface area contributed by atoms with Gasteiger partial charge in [0.1, 0.15) is 6.04 Å². The summed E-state index contributed by atoms with van der Waals surface area (Å²) in [5.41, 5.74) is 0. The van der Waals surface area contributed by atoms with E-state index in [1.54, 1.807) is 4.90 Å². The van der Waals surface area contributed by atoms with Crippen molar-refractivity contribution < 1.29 is 19.1 Å². The van der Waals surface area contributed by atoms with E-state index in [1.165, 1.54) is 11.3 Å². The Morgan fingerprint density at radius 3 is 2.88 bits per heavy atom. The first kappa shape index (κ1) is 18.4. The normalized spacial score (nSPS) is 23.6. The summed E-state index contributed by atoms with van der Waals surface area (Å²) >= 11 is 1.42. The van der Waals surface area contributed by atoms with Crippen molar-refractivity contribution >= 4 is 23.2 Å². The van der Waals surface area contributed by atoms with Crippen LogP contribution in [-0.2, 0) is 14.3 Å². The number of hydrogen-bond acceptors (Lipinski definition) is 5. The number of nitrogens with one attached hydrogen (secondary N) is 1. The van der Waals surface area contributed by atoms with E-state index in [0.717, 1.165) is 19.3 Å². The fourth-order valence-corrected chi connectivity index (χ4v) is 4.28. The van der Waals surface area contributed by atoms with E-state index >= 15 is 0 Å². The molecule has 0 radical (unpaired) electrons. The molecule has 3 heterocycles. The van der Waals surface area contributed by atoms with Crippen molar-refractivity contribution in [2.45, 2.75) is 44.9 Å². The average molecular weight is 366 g/mol. The van der Waals surface area contributed by atoms with Crippen LogP contribution in [0.4, 0.5) is 0 Å². The highest BCUT2D eigenvalue weighted by molar-refractivity contribution is 7.12. The summed E-state index contributed by atoms with van der Waals surface area (Å²) < 4.78 is 11.2. The molecule has 1 unspecified atom stereocenters. The molecule has 25 heavy (non-hydrogen) atoms. The number of carbonyl (C=O) groups excluding carboxylic acids is 2. The van der Waals surface area contributed by atoms with Crippen LogP contribution in [0.2, 0.25) is 0 Å². The van der Waals surface area contributed by atoms with Crippen LogP contribution in [0, 0.1) is 5.92 Å². The zero-order chi connectivity index (χ0) is 17.9. The minimum Gasteiger partial charge on any atom is -0.354 e. The molecule has 2 saturated heterocycles. The van der Waals surface area contributed by atoms with Crippen molar-refractivity contribution in [3.8, 4) is 0 Å². The van der Waals surface area contributed by atoms with Gasteiger partial charge in [-0.05, 0) is 37.1 Å². The molecule has 2 aliphatic rings. The standard InChI is InChI=1S/C18H26N2O4S/c1-13(11-18(2)23-8-9-24-18)12-19-16(21)14-5-3-7-20(14)17(22)15-6-4-10-25-15/h4,6,10,13-14H,3,5,7-9,11-12H2,1-2H3,(H,19,21)/t13?,14-/m0/s1. The summed E-state index contributed by atoms with van der Waals surface area (Å²) in [7, 11) is 0. The summed E-state index contributed by atoms with van der Waals surface area (Å²) in [6.07, 6.45) is 2.32. The van der Waals surface area contributed by atoms with E-state index in [4.69, 9.17) is 9.47 Å². The molecule has 1 aromatic heterocycles. The summed E-state index contributed by atoms with van der Waals surface area (Å²) in [6.45, 7) is 6.45. The van der Waals surface area contributed by atoms with E-state index in [2.05, 4.69) is 12.2 Å². The Balaban J connectivity index is 1.51. The van der Waals surface area contributed by atoms with Gasteiger partial charge in [0.2, 0.25) is 5.91 Å². The molecule has 3 rings (SSSR count). The van der Waals surface area contributed by atoms with E-state index in [9.17, 15) is 9.59 Å². The summed E-state index contributed by atoms with van der Waals surface area (Å²) in [5.74, 6) is -0.415. The maximum absolute atomic E-state index is 12.6. The monoisotopic (exact) mass is 366 g/mol. The zero-order valence-corrected chi connectivity index (χ0v) is 15.6. The maximum Gasteiger partial charge on any atom is 0.264 e. The Kier molecular flexibility index (Phi) is 5.76. The van der Waals surface area contributed by atoms with Crippen LogP contribution >= 0.6 is 11.3 Å². The van der Waals surface area contributed by atoms with E-state index in [0.29, 0.717) is 31.2 Å². The molecule has 7 heteroatoms. The van der Waals surface area contributed by atoms with Crippen LogP contribution in [0.15, 0.2) is 17.5 Å². The highest BCUT2D eigenvalue weighted by atomic mass is 32.1. The molecule has 2 atom stereocenters. The molecule has 0 bridgehead atoms. The summed E-state index contributed by atoms with van der Waals surface area (Å²) in [6, 6.07) is 3.31. The second-order valence-electron chi connectivity index (χ2n) is 7.02. The smallest absolute Gasteiger partial charge is 0.264 e. The van der Waals surface area contributed by atoms with Gasteiger partial charge in [-0.1, -0.05) is 13.0 Å². The minimum atomic E-state index is -0.543. The minimum absolute atomic E-state index is 0.0408. The van der Waals surface area contributed by atoms with E-state index in [1.807, 2.05) is 24.4 Å². The van der Waals surface area contributed by atoms with Gasteiger partial charge in [0.05, 0.1) is 18.1 Å². The molecule has 6 nitrogen and oxygen atoms in total. The molecular weight excluding hydrogens is 340 g/mol. The third-order valence-corrected chi connectivity index (χ3v) is 5.65. The van der Waals surface area contributed by atoms with Crippen molar-refractivity contribution in [1.29, 1.82) is 0 Å². The van der Waals surface area contributed by atoms with Crippen LogP contribution in [0.25, 0.3) is 0 Å². The second kappa shape index (κ2) is 7.85. The fourth-order valence-electron chi connectivity index (χ4n) is 3.60. The SMILES string of the molecule is CC(CNC(=O)[C@@H]1CCCN1C(=O)c1cccs1)CC1(C)OCCO1. The van der Waals surface area contributed by atoms with Gasteiger partial charge in [0.25, 0.3) is 5.91 Å². The molecule has 2 fully saturated rings. The van der Waals surface area contributed by atoms with Crippen molar-refractivity contribution in [3.63, 3.8) is 0 Å². The molecule has 0 aliphatic carbocycles. The van der Waals surface area contributed by atoms with Gasteiger partial charge in [0, 0.05) is 19.5 Å². The third kappa shape index (κ3) is 4.40. The molecule has 0 spiro atoms. The Morgan fingerprint density at radius 2 is 2.20 bits per heavy atom. The Hall–Kier alpha value is -1.44. The topological polar surface area (TPSA) is 67.9 Å². The lowest BCUT2D eigenvalue weighted by Crippen LogP contribution is -2.47. The van der Waals surface area contributed by atoms with E-state index in [-0.39, 0.29) is 23.8 Å². The molecule has 0 saturated carbocycles. The fraction of sp³-hybridized carbons (Fsp3) is 0.667. The van der Waals surface area contributed by atoms with Gasteiger partial charge in [-0.25, -0.2) is 0 Å². The predicted octanol–water partition coefficient (Wildman–Crippen LogP) is 2.26. The maximum atomic E-state index is 12.6. The highest BCUT2D eigenvalue weighted by Gasteiger charge is 2.36. The molecule has 0 aromatic carbocycles. The predicted molar refractivity (Wildman–Crippen MR) is 95.5 cm³/mol. The van der Waals surface area contributed by atoms with Gasteiger partial charge < -0.3 is 19.7 Å². The van der Waals surface area contributed by atoms with Gasteiger partial charge in [-0.15, -0.1) is 11.3 Å². The molecule has 2 aliphatic heterocycles. The number of carbonyl (C=O) groups is 2. The lowest BCUT2D eigenvalue weighted by molar-refractivity contribution is -0.154. The molecule has 138 valence electrons. The van der Waals surface area contributed by atoms with Crippen LogP contribution in [0.5, 0.6) is 0 Å². The lowest BCUT2D eigenvalue weighted by Gasteiger charge is -2.27. The first-order valence-corrected chi connectivity index (χ1v) is 9.76. The van der Waals surface area contributed by atoms with Crippen LogP contribution < -0.4 is 5.32 Å². The number of likely N-dealkylation sites (tertiary alicyclic amines) is 1. The average Bonchev–Trinajstić information content (AvgIpc) is 3.32. The molecule has 2 amide bonds. The largest absolute Gasteiger partial charge is 0.354 e. The van der Waals surface area contributed by atoms with E-state index < -0.39 is 5.79 Å². The van der Waals surface area contributed by atoms with Gasteiger partial charge in [0.15, 0.2) is 5.79 Å². The molecule has 1 aromatic rings. The number of rotatable bonds is 6. The molecular formula is C18H26N2O4S. The van der Waals surface area contributed by atoms with Crippen molar-refractivity contribution in [3.05, 3.63) is 22.4 Å². The number of nitrogens with zero attached hydrogens (tertiary/aromatic N) is 1. The Morgan fingerprint density at radius 1 is 1.44 bits per heavy atom. The van der Waals surface area contributed by atoms with Gasteiger partial charge in [-0.2, -0.15) is 0 Å². The second-order valence-corrected chi connectivity index (χ2v) is 7.97. The van der Waals surface area contributed by atoms with Crippen LogP contribution in [-0.4, -0.2) is 54.8 Å². The van der Waals surface area contributed by atoms with Crippen molar-refractivity contribution in [2.24, 2.45) is 5.92 Å². The van der Waals surface area contributed by atoms with Crippen LogP contribution in [0.1, 0.15) is 42.8 Å². The molecule has 1 N–H and O–H groups in total. The van der Waals surface area contributed by atoms with Crippen molar-refractivity contribution in [2.75, 3.05) is 26.3 Å². The quantitative estimate of drug-likeness (QED) is 0.839. The Bertz CT molecular complexity index is 598.